The van der Waals surface area contributed by atoms with Gasteiger partial charge in [-0.25, -0.2) is 0 Å². The predicted molar refractivity (Wildman–Crippen MR) is 66.2 cm³/mol. The number of fused-ring (bicyclic) bond motifs is 2. The van der Waals surface area contributed by atoms with Gasteiger partial charge in [0.05, 0.1) is 13.2 Å². The maximum Gasteiger partial charge on any atom is 0.136 e. The number of Topliss-reactive ketones (excluding diaryl/α,β-unsaturated/α-hetero) is 1. The van der Waals surface area contributed by atoms with Crippen molar-refractivity contribution in [1.29, 1.82) is 0 Å². The summed E-state index contributed by atoms with van der Waals surface area (Å²) in [6.07, 6.45) is 4.55. The lowest BCUT2D eigenvalue weighted by molar-refractivity contribution is -0.140. The summed E-state index contributed by atoms with van der Waals surface area (Å²) in [5.41, 5.74) is 0.0900. The van der Waals surface area contributed by atoms with Crippen LogP contribution >= 0.6 is 0 Å². The van der Waals surface area contributed by atoms with Crippen LogP contribution in [0.15, 0.2) is 0 Å². The van der Waals surface area contributed by atoms with Crippen LogP contribution < -0.4 is 0 Å². The molecule has 3 aliphatic rings. The average Bonchev–Trinajstić information content (AvgIpc) is 2.51. The average molecular weight is 256 g/mol. The Morgan fingerprint density at radius 1 is 1.29 bits per heavy atom. The van der Waals surface area contributed by atoms with Gasteiger partial charge in [-0.15, -0.1) is 0 Å². The van der Waals surface area contributed by atoms with Gasteiger partial charge < -0.3 is 4.74 Å². The summed E-state index contributed by atoms with van der Waals surface area (Å²) in [4.78, 5) is 12.3. The Morgan fingerprint density at radius 2 is 1.88 bits per heavy atom. The number of hydrogen-bond donors (Lipinski definition) is 0. The van der Waals surface area contributed by atoms with E-state index >= 15 is 0 Å². The largest absolute Gasteiger partial charge is 0.380 e. The minimum absolute atomic E-state index is 0.0900. The molecule has 0 saturated carbocycles. The molecule has 0 amide bonds. The number of hydrogen-bond acceptors (Lipinski definition) is 3. The van der Waals surface area contributed by atoms with Gasteiger partial charge in [0.25, 0.3) is 0 Å². The monoisotopic (exact) mass is 256 g/mol. The zero-order valence-electron chi connectivity index (χ0n) is 10.3. The molecule has 0 aromatic rings. The van der Waals surface area contributed by atoms with Crippen LogP contribution in [-0.4, -0.2) is 33.7 Å². The molecule has 2 atom stereocenters. The number of carbonyl (C=O) groups is 1. The Kier molecular flexibility index (Phi) is 2.90. The molecule has 0 radical (unpaired) electrons. The van der Waals surface area contributed by atoms with E-state index in [-0.39, 0.29) is 11.3 Å². The van der Waals surface area contributed by atoms with Gasteiger partial charge in [0.2, 0.25) is 0 Å². The summed E-state index contributed by atoms with van der Waals surface area (Å²) in [5, 5.41) is 0.626. The number of carbonyl (C=O) groups excluding carboxylic acids is 1. The van der Waals surface area contributed by atoms with Crippen LogP contribution in [0.2, 0.25) is 0 Å². The molecule has 0 aromatic carbocycles. The summed E-state index contributed by atoms with van der Waals surface area (Å²) in [5.74, 6) is 0.576. The molecule has 3 aliphatic heterocycles. The van der Waals surface area contributed by atoms with Gasteiger partial charge in [0, 0.05) is 39.1 Å². The first-order valence-corrected chi connectivity index (χ1v) is 7.85. The smallest absolute Gasteiger partial charge is 0.136 e. The van der Waals surface area contributed by atoms with Crippen molar-refractivity contribution < 1.29 is 13.7 Å². The lowest BCUT2D eigenvalue weighted by Gasteiger charge is -2.39. The van der Waals surface area contributed by atoms with Crippen molar-refractivity contribution in [1.82, 2.24) is 0 Å². The fourth-order valence-electron chi connectivity index (χ4n) is 3.41. The number of ether oxygens (including phenoxy) is 1. The molecule has 4 heteroatoms. The zero-order valence-corrected chi connectivity index (χ0v) is 11.1. The Balaban J connectivity index is 1.62. The highest BCUT2D eigenvalue weighted by Crippen LogP contribution is 2.41. The van der Waals surface area contributed by atoms with Gasteiger partial charge in [-0.3, -0.25) is 9.00 Å². The van der Waals surface area contributed by atoms with Gasteiger partial charge in [0.1, 0.15) is 5.78 Å². The minimum atomic E-state index is -0.644. The van der Waals surface area contributed by atoms with Crippen molar-refractivity contribution in [2.75, 3.05) is 13.2 Å². The van der Waals surface area contributed by atoms with Gasteiger partial charge in [-0.2, -0.15) is 0 Å². The third kappa shape index (κ3) is 2.10. The van der Waals surface area contributed by atoms with E-state index in [1.54, 1.807) is 0 Å². The molecule has 96 valence electrons. The van der Waals surface area contributed by atoms with Crippen LogP contribution in [0.25, 0.3) is 0 Å². The molecular formula is C13H20O3S. The second-order valence-corrected chi connectivity index (χ2v) is 8.26. The van der Waals surface area contributed by atoms with E-state index in [1.807, 2.05) is 0 Å². The van der Waals surface area contributed by atoms with Crippen LogP contribution in [0.3, 0.4) is 0 Å². The quantitative estimate of drug-likeness (QED) is 0.771. The van der Waals surface area contributed by atoms with Crippen LogP contribution in [0, 0.1) is 11.3 Å². The first-order chi connectivity index (χ1) is 8.07. The maximum absolute atomic E-state index is 12.3. The lowest BCUT2D eigenvalue weighted by atomic mass is 9.79. The van der Waals surface area contributed by atoms with Crippen molar-refractivity contribution >= 4 is 16.6 Å². The van der Waals surface area contributed by atoms with Crippen LogP contribution in [0.5, 0.6) is 0 Å². The topological polar surface area (TPSA) is 43.4 Å². The van der Waals surface area contributed by atoms with E-state index in [9.17, 15) is 9.00 Å². The molecule has 17 heavy (non-hydrogen) atoms. The fraction of sp³-hybridized carbons (Fsp3) is 0.923. The Labute approximate surface area is 105 Å². The van der Waals surface area contributed by atoms with Gasteiger partial charge in [-0.05, 0) is 25.7 Å². The lowest BCUT2D eigenvalue weighted by Crippen LogP contribution is -2.43. The van der Waals surface area contributed by atoms with E-state index in [0.29, 0.717) is 22.7 Å². The molecule has 2 unspecified atom stereocenters. The molecule has 3 heterocycles. The van der Waals surface area contributed by atoms with Crippen molar-refractivity contribution in [3.63, 3.8) is 0 Å². The molecule has 0 aliphatic carbocycles. The molecule has 3 saturated heterocycles. The first-order valence-electron chi connectivity index (χ1n) is 6.57. The van der Waals surface area contributed by atoms with E-state index in [0.717, 1.165) is 38.9 Å². The fourth-order valence-corrected chi connectivity index (χ4v) is 5.54. The zero-order chi connectivity index (χ0) is 12.0. The van der Waals surface area contributed by atoms with Crippen molar-refractivity contribution in [3.8, 4) is 0 Å². The van der Waals surface area contributed by atoms with E-state index < -0.39 is 10.8 Å². The highest BCUT2D eigenvalue weighted by Gasteiger charge is 2.44. The molecule has 0 spiro atoms. The minimum Gasteiger partial charge on any atom is -0.380 e. The normalized spacial score (nSPS) is 43.1. The Hall–Kier alpha value is -0.220. The van der Waals surface area contributed by atoms with E-state index in [1.165, 1.54) is 0 Å². The number of ketones is 1. The van der Waals surface area contributed by atoms with E-state index in [4.69, 9.17) is 4.74 Å². The molecule has 0 aromatic heterocycles. The molecular weight excluding hydrogens is 236 g/mol. The summed E-state index contributed by atoms with van der Waals surface area (Å²) >= 11 is 0. The molecule has 3 rings (SSSR count). The van der Waals surface area contributed by atoms with Gasteiger partial charge in [-0.1, -0.05) is 6.92 Å². The van der Waals surface area contributed by atoms with E-state index in [2.05, 4.69) is 6.92 Å². The second-order valence-electron chi connectivity index (χ2n) is 6.26. The Morgan fingerprint density at radius 3 is 2.35 bits per heavy atom. The highest BCUT2D eigenvalue weighted by molar-refractivity contribution is 7.86. The summed E-state index contributed by atoms with van der Waals surface area (Å²) in [6.45, 7) is 3.58. The van der Waals surface area contributed by atoms with Crippen LogP contribution in [0.1, 0.15) is 39.0 Å². The molecule has 2 bridgehead atoms. The van der Waals surface area contributed by atoms with Crippen molar-refractivity contribution in [2.45, 2.75) is 49.5 Å². The molecule has 3 fully saturated rings. The molecule has 0 N–H and O–H groups in total. The van der Waals surface area contributed by atoms with Crippen molar-refractivity contribution in [3.05, 3.63) is 0 Å². The first kappa shape index (κ1) is 11.8. The van der Waals surface area contributed by atoms with Gasteiger partial charge in [0.15, 0.2) is 0 Å². The third-order valence-corrected chi connectivity index (χ3v) is 6.69. The SMILES string of the molecule is CC1(CC(=O)C2CC3CCC(C2)S3=O)COC1. The standard InChI is InChI=1S/C13H20O3S/c1-13(7-16-8-13)6-12(14)9-4-10-2-3-11(5-9)17(10)15/h9-11H,2-8H2,1H3. The van der Waals surface area contributed by atoms with Crippen molar-refractivity contribution in [2.24, 2.45) is 11.3 Å². The second kappa shape index (κ2) is 4.16. The van der Waals surface area contributed by atoms with Crippen LogP contribution in [0.4, 0.5) is 0 Å². The summed E-state index contributed by atoms with van der Waals surface area (Å²) in [6, 6.07) is 0. The molecule has 3 nitrogen and oxygen atoms in total. The highest BCUT2D eigenvalue weighted by atomic mass is 32.2. The Bertz CT molecular complexity index is 346. The number of rotatable bonds is 3. The maximum atomic E-state index is 12.3. The third-order valence-electron chi connectivity index (χ3n) is 4.52. The predicted octanol–water partition coefficient (Wildman–Crippen LogP) is 1.67. The summed E-state index contributed by atoms with van der Waals surface area (Å²) in [7, 11) is -0.644. The van der Waals surface area contributed by atoms with Gasteiger partial charge >= 0.3 is 0 Å². The summed E-state index contributed by atoms with van der Waals surface area (Å²) < 4.78 is 17.1. The van der Waals surface area contributed by atoms with Crippen LogP contribution in [-0.2, 0) is 20.3 Å².